The van der Waals surface area contributed by atoms with Crippen molar-refractivity contribution in [1.29, 1.82) is 5.41 Å². The average molecular weight is 824 g/mol. The van der Waals surface area contributed by atoms with Gasteiger partial charge in [-0.25, -0.2) is 29.3 Å². The Morgan fingerprint density at radius 3 is 1.98 bits per heavy atom. The van der Waals surface area contributed by atoms with Gasteiger partial charge in [-0.3, -0.25) is 19.9 Å². The van der Waals surface area contributed by atoms with E-state index >= 15 is 0 Å². The molecule has 1 saturated carbocycles. The molecule has 2 aliphatic rings. The van der Waals surface area contributed by atoms with Gasteiger partial charge in [-0.15, -0.1) is 0 Å². The summed E-state index contributed by atoms with van der Waals surface area (Å²) in [4.78, 5) is 77.1. The van der Waals surface area contributed by atoms with Crippen LogP contribution in [0.5, 0.6) is 0 Å². The number of guanidine groups is 1. The summed E-state index contributed by atoms with van der Waals surface area (Å²) in [7, 11) is 0. The highest BCUT2D eigenvalue weighted by Gasteiger charge is 2.51. The maximum Gasteiger partial charge on any atom is 0.493 e. The van der Waals surface area contributed by atoms with Crippen LogP contribution in [-0.2, 0) is 28.9 Å². The number of aryl methyl sites for hydroxylation is 1. The van der Waals surface area contributed by atoms with Crippen LogP contribution in [0.1, 0.15) is 41.9 Å². The lowest BCUT2D eigenvalue weighted by atomic mass is 9.90. The van der Waals surface area contributed by atoms with E-state index in [9.17, 15) is 58.7 Å². The van der Waals surface area contributed by atoms with Crippen LogP contribution in [0.25, 0.3) is 10.9 Å². The molecule has 3 aromatic rings. The lowest BCUT2D eigenvalue weighted by Crippen LogP contribution is -2.58. The molecule has 5 rings (SSSR count). The van der Waals surface area contributed by atoms with Crippen molar-refractivity contribution >= 4 is 52.3 Å². The summed E-state index contributed by atoms with van der Waals surface area (Å²) in [5.74, 6) is -12.4. The second kappa shape index (κ2) is 16.5. The van der Waals surface area contributed by atoms with E-state index in [1.54, 1.807) is 49.5 Å². The van der Waals surface area contributed by atoms with Crippen molar-refractivity contribution in [3.63, 3.8) is 0 Å². The number of amides is 1. The topological polar surface area (TPSA) is 183 Å². The molecule has 308 valence electrons. The average Bonchev–Trinajstić information content (AvgIpc) is 3.15. The standard InChI is InChI=1S/C32H30F9N9O7/c1-17-9-10-19-18(16-17)23(46-24(44-19)25(51)48-14-12-47(13-15-48)22-8-4-5-11-43-22)45-20-6-2-3-7-21(20)49(55-26(52)30(33,34)35)29(42)50(56-27(53)31(36,37)38)57-28(54)32(39,40)41/h4-5,8-11,16,20-21,42H,2-3,6-7,12-15H2,1H3,(H,44,45,46). The van der Waals surface area contributed by atoms with E-state index in [1.165, 1.54) is 4.90 Å². The Morgan fingerprint density at radius 1 is 0.807 bits per heavy atom. The number of halogens is 9. The first-order valence-electron chi connectivity index (χ1n) is 16.7. The van der Waals surface area contributed by atoms with Crippen LogP contribution in [0.15, 0.2) is 42.6 Å². The molecule has 2 N–H and O–H groups in total. The predicted octanol–water partition coefficient (Wildman–Crippen LogP) is 4.62. The van der Waals surface area contributed by atoms with Gasteiger partial charge in [0.1, 0.15) is 11.6 Å². The summed E-state index contributed by atoms with van der Waals surface area (Å²) in [5, 5.41) is 9.62. The zero-order chi connectivity index (χ0) is 41.9. The molecule has 1 aliphatic carbocycles. The van der Waals surface area contributed by atoms with E-state index in [0.29, 0.717) is 24.5 Å². The Hall–Kier alpha value is -6.17. The number of carbonyl (C=O) groups excluding carboxylic acids is 4. The molecule has 1 aliphatic heterocycles. The number of fused-ring (bicyclic) bond motifs is 1. The number of alkyl halides is 9. The summed E-state index contributed by atoms with van der Waals surface area (Å²) in [6.45, 7) is 2.95. The highest BCUT2D eigenvalue weighted by molar-refractivity contribution is 5.97. The Morgan fingerprint density at radius 2 is 1.40 bits per heavy atom. The lowest BCUT2D eigenvalue weighted by Gasteiger charge is -2.40. The minimum absolute atomic E-state index is 0.0682. The third kappa shape index (κ3) is 10.2. The first kappa shape index (κ1) is 42.0. The number of rotatable bonds is 5. The number of anilines is 2. The van der Waals surface area contributed by atoms with Crippen molar-refractivity contribution < 1.29 is 73.2 Å². The Balaban J connectivity index is 1.49. The Bertz CT molecular complexity index is 1970. The fourth-order valence-corrected chi connectivity index (χ4v) is 5.85. The van der Waals surface area contributed by atoms with Crippen LogP contribution >= 0.6 is 0 Å². The van der Waals surface area contributed by atoms with E-state index in [2.05, 4.69) is 34.8 Å². The van der Waals surface area contributed by atoms with Gasteiger partial charge in [0.2, 0.25) is 5.82 Å². The van der Waals surface area contributed by atoms with E-state index in [1.807, 2.05) is 4.90 Å². The molecule has 16 nitrogen and oxygen atoms in total. The molecule has 0 bridgehead atoms. The van der Waals surface area contributed by atoms with Gasteiger partial charge in [0.15, 0.2) is 0 Å². The molecule has 1 aromatic carbocycles. The van der Waals surface area contributed by atoms with Gasteiger partial charge in [0.25, 0.3) is 5.91 Å². The molecule has 2 atom stereocenters. The minimum Gasteiger partial charge on any atom is -0.364 e. The number of aromatic nitrogens is 3. The quantitative estimate of drug-likeness (QED) is 0.157. The molecular weight excluding hydrogens is 793 g/mol. The van der Waals surface area contributed by atoms with Gasteiger partial charge >= 0.3 is 42.4 Å². The highest BCUT2D eigenvalue weighted by atomic mass is 19.4. The molecule has 3 heterocycles. The number of carbonyl (C=O) groups is 4. The zero-order valence-electron chi connectivity index (χ0n) is 29.2. The molecule has 2 fully saturated rings. The molecule has 0 spiro atoms. The largest absolute Gasteiger partial charge is 0.493 e. The molecule has 0 radical (unpaired) electrons. The van der Waals surface area contributed by atoms with Crippen molar-refractivity contribution in [1.82, 2.24) is 30.1 Å². The number of benzene rings is 1. The number of hydroxylamine groups is 4. The predicted molar refractivity (Wildman–Crippen MR) is 174 cm³/mol. The first-order chi connectivity index (χ1) is 26.6. The molecule has 2 unspecified atom stereocenters. The van der Waals surface area contributed by atoms with E-state index < -0.39 is 70.7 Å². The normalized spacial score (nSPS) is 17.7. The molecular formula is C32H30F9N9O7. The molecule has 1 saturated heterocycles. The summed E-state index contributed by atoms with van der Waals surface area (Å²) in [6, 6.07) is 7.00. The smallest absolute Gasteiger partial charge is 0.364 e. The number of piperazine rings is 1. The maximum atomic E-state index is 13.8. The van der Waals surface area contributed by atoms with Crippen molar-refractivity contribution in [2.45, 2.75) is 63.2 Å². The van der Waals surface area contributed by atoms with Gasteiger partial charge in [-0.2, -0.15) is 44.6 Å². The van der Waals surface area contributed by atoms with E-state index in [0.717, 1.165) is 0 Å². The third-order valence-electron chi connectivity index (χ3n) is 8.52. The van der Waals surface area contributed by atoms with E-state index in [4.69, 9.17) is 5.41 Å². The van der Waals surface area contributed by atoms with Crippen LogP contribution in [-0.4, -0.2) is 117 Å². The van der Waals surface area contributed by atoms with Crippen molar-refractivity contribution in [3.8, 4) is 0 Å². The van der Waals surface area contributed by atoms with Crippen LogP contribution in [0, 0.1) is 12.3 Å². The fraction of sp³-hybridized carbons (Fsp3) is 0.438. The van der Waals surface area contributed by atoms with Crippen molar-refractivity contribution in [2.75, 3.05) is 36.4 Å². The molecule has 2 aromatic heterocycles. The summed E-state index contributed by atoms with van der Waals surface area (Å²) < 4.78 is 119. The van der Waals surface area contributed by atoms with Crippen LogP contribution in [0.2, 0.25) is 0 Å². The van der Waals surface area contributed by atoms with Crippen LogP contribution in [0.4, 0.5) is 51.1 Å². The highest BCUT2D eigenvalue weighted by Crippen LogP contribution is 2.32. The number of nitrogens with zero attached hydrogens (tertiary/aromatic N) is 7. The summed E-state index contributed by atoms with van der Waals surface area (Å²) in [6.07, 6.45) is -16.4. The Labute approximate surface area is 314 Å². The first-order valence-corrected chi connectivity index (χ1v) is 16.7. The van der Waals surface area contributed by atoms with Crippen molar-refractivity contribution in [2.24, 2.45) is 0 Å². The number of pyridine rings is 1. The SMILES string of the molecule is Cc1ccc2nc(C(=O)N3CCN(c4ccccn4)CC3)nc(NC3CCCCC3N(OC(=O)C(F)(F)F)C(=N)N(OC(=O)C(F)(F)F)OC(=O)C(F)(F)F)c2c1. The second-order valence-corrected chi connectivity index (χ2v) is 12.5. The zero-order valence-corrected chi connectivity index (χ0v) is 29.2. The second-order valence-electron chi connectivity index (χ2n) is 12.5. The maximum absolute atomic E-state index is 13.8. The molecule has 25 heteroatoms. The van der Waals surface area contributed by atoms with Gasteiger partial charge in [-0.05, 0) is 44.0 Å². The Kier molecular flexibility index (Phi) is 12.2. The van der Waals surface area contributed by atoms with Gasteiger partial charge in [0.05, 0.1) is 17.6 Å². The number of hydrogen-bond donors (Lipinski definition) is 2. The summed E-state index contributed by atoms with van der Waals surface area (Å²) in [5.41, 5.74) is 0.855. The number of hydrogen-bond acceptors (Lipinski definition) is 13. The summed E-state index contributed by atoms with van der Waals surface area (Å²) >= 11 is 0. The third-order valence-corrected chi connectivity index (χ3v) is 8.52. The van der Waals surface area contributed by atoms with Gasteiger partial charge in [-0.1, -0.05) is 30.5 Å². The van der Waals surface area contributed by atoms with Gasteiger partial charge < -0.3 is 20.0 Å². The van der Waals surface area contributed by atoms with Gasteiger partial charge in [0, 0.05) is 43.0 Å². The van der Waals surface area contributed by atoms with Crippen LogP contribution < -0.4 is 10.2 Å². The van der Waals surface area contributed by atoms with E-state index in [-0.39, 0.29) is 61.3 Å². The molecule has 1 amide bonds. The van der Waals surface area contributed by atoms with Crippen molar-refractivity contribution in [3.05, 3.63) is 54.0 Å². The monoisotopic (exact) mass is 823 g/mol. The van der Waals surface area contributed by atoms with Crippen LogP contribution in [0.3, 0.4) is 0 Å². The lowest BCUT2D eigenvalue weighted by molar-refractivity contribution is -0.326. The minimum atomic E-state index is -6.00. The molecule has 57 heavy (non-hydrogen) atoms. The number of nitrogens with one attached hydrogen (secondary N) is 2. The fourth-order valence-electron chi connectivity index (χ4n) is 5.85.